The largest absolute Gasteiger partial charge is 0.400 e. The van der Waals surface area contributed by atoms with Gasteiger partial charge in [0.25, 0.3) is 0 Å². The first-order valence-electron chi connectivity index (χ1n) is 5.89. The van der Waals surface area contributed by atoms with Gasteiger partial charge in [0, 0.05) is 0 Å². The van der Waals surface area contributed by atoms with Gasteiger partial charge in [-0.1, -0.05) is 41.2 Å². The molecule has 2 amide bonds. The Bertz CT molecular complexity index is 705. The molecule has 7 nitrogen and oxygen atoms in total. The van der Waals surface area contributed by atoms with Crippen molar-refractivity contribution in [3.63, 3.8) is 0 Å². The van der Waals surface area contributed by atoms with E-state index >= 15 is 0 Å². The maximum absolute atomic E-state index is 11.9. The van der Waals surface area contributed by atoms with Crippen molar-refractivity contribution in [2.45, 2.75) is 0 Å². The molecule has 21 heavy (non-hydrogen) atoms. The molecule has 0 unspecified atom stereocenters. The van der Waals surface area contributed by atoms with Crippen molar-refractivity contribution >= 4 is 22.0 Å². The highest BCUT2D eigenvalue weighted by molar-refractivity contribution is 7.85. The van der Waals surface area contributed by atoms with Gasteiger partial charge >= 0.3 is 16.3 Å². The van der Waals surface area contributed by atoms with Crippen LogP contribution < -0.4 is 19.8 Å². The number of carbonyl (C=O) groups is 1. The zero-order valence-electron chi connectivity index (χ0n) is 10.8. The summed E-state index contributed by atoms with van der Waals surface area (Å²) in [6.45, 7) is 0. The first-order valence-corrected chi connectivity index (χ1v) is 7.30. The zero-order chi connectivity index (χ0) is 15.3. The lowest BCUT2D eigenvalue weighted by Gasteiger charge is -2.20. The highest BCUT2D eigenvalue weighted by atomic mass is 32.2. The van der Waals surface area contributed by atoms with Crippen LogP contribution in [0.15, 0.2) is 60.7 Å². The second kappa shape index (κ2) is 6.25. The van der Waals surface area contributed by atoms with Crippen molar-refractivity contribution in [3.05, 3.63) is 60.7 Å². The SMILES string of the molecule is NC(=O)N(NS(=O)(=O)Oc1ccccc1)c1ccccc1. The number of rotatable bonds is 5. The molecule has 0 saturated carbocycles. The lowest BCUT2D eigenvalue weighted by Crippen LogP contribution is -2.50. The van der Waals surface area contributed by atoms with Crippen LogP contribution in [0.3, 0.4) is 0 Å². The number of nitrogens with two attached hydrogens (primary N) is 1. The first kappa shape index (κ1) is 14.8. The molecular formula is C13H13N3O4S. The van der Waals surface area contributed by atoms with Gasteiger partial charge in [0.1, 0.15) is 5.75 Å². The Balaban J connectivity index is 2.19. The van der Waals surface area contributed by atoms with Crippen LogP contribution in [-0.4, -0.2) is 14.4 Å². The van der Waals surface area contributed by atoms with E-state index in [9.17, 15) is 13.2 Å². The molecule has 8 heteroatoms. The van der Waals surface area contributed by atoms with Crippen molar-refractivity contribution in [1.29, 1.82) is 0 Å². The number of carbonyl (C=O) groups excluding carboxylic acids is 1. The molecule has 110 valence electrons. The van der Waals surface area contributed by atoms with Crippen LogP contribution in [0, 0.1) is 0 Å². The summed E-state index contributed by atoms with van der Waals surface area (Å²) in [6, 6.07) is 14.9. The van der Waals surface area contributed by atoms with Gasteiger partial charge in [0.15, 0.2) is 0 Å². The third kappa shape index (κ3) is 4.20. The molecule has 0 atom stereocenters. The molecule has 2 rings (SSSR count). The van der Waals surface area contributed by atoms with Crippen molar-refractivity contribution < 1.29 is 17.4 Å². The highest BCUT2D eigenvalue weighted by Crippen LogP contribution is 2.14. The second-order valence-corrected chi connectivity index (χ2v) is 5.21. The minimum Gasteiger partial charge on any atom is -0.370 e. The van der Waals surface area contributed by atoms with E-state index in [0.717, 1.165) is 0 Å². The van der Waals surface area contributed by atoms with E-state index in [2.05, 4.69) is 0 Å². The van der Waals surface area contributed by atoms with Crippen molar-refractivity contribution in [3.8, 4) is 5.75 Å². The first-order chi connectivity index (χ1) is 9.98. The van der Waals surface area contributed by atoms with Gasteiger partial charge in [-0.3, -0.25) is 0 Å². The lowest BCUT2D eigenvalue weighted by atomic mass is 10.3. The third-order valence-corrected chi connectivity index (χ3v) is 3.21. The van der Waals surface area contributed by atoms with E-state index in [4.69, 9.17) is 9.92 Å². The number of primary amides is 1. The highest BCUT2D eigenvalue weighted by Gasteiger charge is 2.21. The molecule has 0 aliphatic heterocycles. The van der Waals surface area contributed by atoms with Crippen LogP contribution in [-0.2, 0) is 10.3 Å². The number of urea groups is 1. The summed E-state index contributed by atoms with van der Waals surface area (Å²) in [7, 11) is -4.25. The molecule has 2 aromatic rings. The number of hydrazine groups is 1. The fourth-order valence-electron chi connectivity index (χ4n) is 1.54. The van der Waals surface area contributed by atoms with Crippen LogP contribution >= 0.6 is 0 Å². The third-order valence-electron chi connectivity index (χ3n) is 2.39. The molecule has 0 spiro atoms. The number of amides is 2. The lowest BCUT2D eigenvalue weighted by molar-refractivity contribution is 0.252. The van der Waals surface area contributed by atoms with Gasteiger partial charge < -0.3 is 9.92 Å². The van der Waals surface area contributed by atoms with Crippen LogP contribution in [0.5, 0.6) is 5.75 Å². The average molecular weight is 307 g/mol. The predicted octanol–water partition coefficient (Wildman–Crippen LogP) is 1.40. The number of para-hydroxylation sites is 2. The Morgan fingerprint density at radius 3 is 2.05 bits per heavy atom. The van der Waals surface area contributed by atoms with Crippen molar-refractivity contribution in [1.82, 2.24) is 4.83 Å². The van der Waals surface area contributed by atoms with E-state index < -0.39 is 16.3 Å². The fourth-order valence-corrected chi connectivity index (χ4v) is 2.36. The molecule has 3 N–H and O–H groups in total. The molecule has 0 fully saturated rings. The smallest absolute Gasteiger partial charge is 0.370 e. The molecule has 0 aliphatic rings. The molecule has 2 aromatic carbocycles. The van der Waals surface area contributed by atoms with Gasteiger partial charge in [-0.05, 0) is 24.3 Å². The quantitative estimate of drug-likeness (QED) is 0.815. The standard InChI is InChI=1S/C13H13N3O4S/c14-13(17)16(11-7-3-1-4-8-11)15-21(18,19)20-12-9-5-2-6-10-12/h1-10,15H,(H2,14,17). The minimum atomic E-state index is -4.25. The van der Waals surface area contributed by atoms with Gasteiger partial charge in [0.2, 0.25) is 0 Å². The number of nitrogens with zero attached hydrogens (tertiary/aromatic N) is 1. The summed E-state index contributed by atoms with van der Waals surface area (Å²) < 4.78 is 28.6. The van der Waals surface area contributed by atoms with Gasteiger partial charge in [0.05, 0.1) is 5.69 Å². The molecule has 0 aliphatic carbocycles. The monoisotopic (exact) mass is 307 g/mol. The maximum Gasteiger partial charge on any atom is 0.400 e. The summed E-state index contributed by atoms with van der Waals surface area (Å²) in [4.78, 5) is 13.4. The summed E-state index contributed by atoms with van der Waals surface area (Å²) in [5, 5.41) is 0.679. The molecule has 0 aromatic heterocycles. The van der Waals surface area contributed by atoms with Crippen LogP contribution in [0.2, 0.25) is 0 Å². The maximum atomic E-state index is 11.9. The van der Waals surface area contributed by atoms with Gasteiger partial charge in [-0.15, -0.1) is 0 Å². The van der Waals surface area contributed by atoms with E-state index in [1.807, 2.05) is 4.83 Å². The minimum absolute atomic E-state index is 0.113. The summed E-state index contributed by atoms with van der Waals surface area (Å²) >= 11 is 0. The number of hydrogen-bond donors (Lipinski definition) is 2. The zero-order valence-corrected chi connectivity index (χ0v) is 11.7. The predicted molar refractivity (Wildman–Crippen MR) is 77.6 cm³/mol. The number of nitrogens with one attached hydrogen (secondary N) is 1. The molecule has 0 radical (unpaired) electrons. The molecule has 0 saturated heterocycles. The van der Waals surface area contributed by atoms with E-state index in [-0.39, 0.29) is 11.4 Å². The fraction of sp³-hybridized carbons (Fsp3) is 0. The van der Waals surface area contributed by atoms with Crippen molar-refractivity contribution in [2.75, 3.05) is 5.01 Å². The van der Waals surface area contributed by atoms with Gasteiger partial charge in [-0.2, -0.15) is 8.42 Å². The van der Waals surface area contributed by atoms with Crippen LogP contribution in [0.25, 0.3) is 0 Å². The van der Waals surface area contributed by atoms with Crippen LogP contribution in [0.4, 0.5) is 10.5 Å². The normalized spacial score (nSPS) is 10.9. The number of hydrogen-bond acceptors (Lipinski definition) is 4. The molecular weight excluding hydrogens is 294 g/mol. The molecule has 0 heterocycles. The Morgan fingerprint density at radius 2 is 1.52 bits per heavy atom. The van der Waals surface area contributed by atoms with Crippen molar-refractivity contribution in [2.24, 2.45) is 5.73 Å². The van der Waals surface area contributed by atoms with E-state index in [1.165, 1.54) is 24.3 Å². The topological polar surface area (TPSA) is 102 Å². The Kier molecular flexibility index (Phi) is 4.41. The van der Waals surface area contributed by atoms with E-state index in [0.29, 0.717) is 5.01 Å². The summed E-state index contributed by atoms with van der Waals surface area (Å²) in [5.74, 6) is 0.113. The van der Waals surface area contributed by atoms with Gasteiger partial charge in [-0.25, -0.2) is 9.80 Å². The number of anilines is 1. The van der Waals surface area contributed by atoms with Crippen LogP contribution in [0.1, 0.15) is 0 Å². The Labute approximate surface area is 122 Å². The summed E-state index contributed by atoms with van der Waals surface area (Å²) in [6.07, 6.45) is 0. The Hall–Kier alpha value is -2.58. The number of benzene rings is 2. The summed E-state index contributed by atoms with van der Waals surface area (Å²) in [5.41, 5.74) is 5.44. The molecule has 0 bridgehead atoms. The average Bonchev–Trinajstić information content (AvgIpc) is 2.46. The Morgan fingerprint density at radius 1 is 1.00 bits per heavy atom. The van der Waals surface area contributed by atoms with E-state index in [1.54, 1.807) is 36.4 Å². The second-order valence-electron chi connectivity index (χ2n) is 3.95.